The molecule has 138 valence electrons. The summed E-state index contributed by atoms with van der Waals surface area (Å²) >= 11 is 0. The molecule has 0 aliphatic rings. The van der Waals surface area contributed by atoms with Gasteiger partial charge in [-0.3, -0.25) is 4.79 Å². The third-order valence-corrected chi connectivity index (χ3v) is 4.18. The molecule has 0 aliphatic carbocycles. The van der Waals surface area contributed by atoms with Crippen LogP contribution in [0.1, 0.15) is 17.3 Å². The van der Waals surface area contributed by atoms with Gasteiger partial charge in [-0.05, 0) is 37.3 Å². The predicted molar refractivity (Wildman–Crippen MR) is 87.7 cm³/mol. The summed E-state index contributed by atoms with van der Waals surface area (Å²) in [6.45, 7) is 1.19. The van der Waals surface area contributed by atoms with Crippen LogP contribution >= 0.6 is 0 Å². The van der Waals surface area contributed by atoms with Crippen molar-refractivity contribution in [3.8, 4) is 0 Å². The van der Waals surface area contributed by atoms with E-state index in [9.17, 15) is 26.8 Å². The maximum atomic E-state index is 13.8. The molecule has 2 aromatic rings. The van der Waals surface area contributed by atoms with Crippen LogP contribution in [0, 0.1) is 11.6 Å². The van der Waals surface area contributed by atoms with Crippen molar-refractivity contribution in [3.05, 3.63) is 59.7 Å². The topological polar surface area (TPSA) is 116 Å². The van der Waals surface area contributed by atoms with Crippen LogP contribution in [-0.2, 0) is 19.6 Å². The van der Waals surface area contributed by atoms with Crippen LogP contribution in [0.25, 0.3) is 0 Å². The second-order valence-electron chi connectivity index (χ2n) is 5.20. The number of carbonyl (C=O) groups is 2. The molecule has 2 rings (SSSR count). The molecule has 2 aromatic carbocycles. The van der Waals surface area contributed by atoms with E-state index in [1.54, 1.807) is 0 Å². The third kappa shape index (κ3) is 4.61. The van der Waals surface area contributed by atoms with E-state index in [2.05, 4.69) is 5.32 Å². The Kier molecular flexibility index (Phi) is 5.68. The average molecular weight is 384 g/mol. The number of sulfonamides is 1. The molecular weight excluding hydrogens is 370 g/mol. The fourth-order valence-electron chi connectivity index (χ4n) is 1.91. The molecule has 7 nitrogen and oxygen atoms in total. The van der Waals surface area contributed by atoms with Gasteiger partial charge in [0.25, 0.3) is 5.91 Å². The van der Waals surface area contributed by atoms with Crippen LogP contribution in [0.5, 0.6) is 0 Å². The van der Waals surface area contributed by atoms with Gasteiger partial charge in [-0.25, -0.2) is 27.1 Å². The summed E-state index contributed by atoms with van der Waals surface area (Å²) in [6, 6.07) is 7.67. The molecule has 0 spiro atoms. The van der Waals surface area contributed by atoms with E-state index in [-0.39, 0.29) is 5.69 Å². The molecule has 0 saturated carbocycles. The molecular formula is C16H14F2N2O5S. The second kappa shape index (κ2) is 7.58. The summed E-state index contributed by atoms with van der Waals surface area (Å²) in [5, 5.41) is 7.14. The zero-order chi connectivity index (χ0) is 19.5. The molecule has 3 N–H and O–H groups in total. The van der Waals surface area contributed by atoms with Gasteiger partial charge < -0.3 is 10.1 Å². The van der Waals surface area contributed by atoms with Crippen molar-refractivity contribution in [3.63, 3.8) is 0 Å². The first-order valence-corrected chi connectivity index (χ1v) is 8.73. The SMILES string of the molecule is C[C@H](OC(=O)c1cc(S(N)(=O)=O)ccc1F)C(=O)Nc1ccccc1F. The van der Waals surface area contributed by atoms with Crippen molar-refractivity contribution in [2.24, 2.45) is 5.14 Å². The lowest BCUT2D eigenvalue weighted by Gasteiger charge is -2.14. The van der Waals surface area contributed by atoms with Crippen molar-refractivity contribution >= 4 is 27.6 Å². The third-order valence-electron chi connectivity index (χ3n) is 3.27. The molecule has 0 aliphatic heterocycles. The van der Waals surface area contributed by atoms with E-state index in [4.69, 9.17) is 9.88 Å². The Labute approximate surface area is 147 Å². The number of nitrogens with one attached hydrogen (secondary N) is 1. The van der Waals surface area contributed by atoms with Gasteiger partial charge in [0.1, 0.15) is 11.6 Å². The minimum Gasteiger partial charge on any atom is -0.449 e. The molecule has 0 saturated heterocycles. The number of anilines is 1. The Morgan fingerprint density at radius 2 is 1.77 bits per heavy atom. The van der Waals surface area contributed by atoms with Gasteiger partial charge in [-0.1, -0.05) is 12.1 Å². The van der Waals surface area contributed by atoms with E-state index < -0.39 is 50.1 Å². The number of esters is 1. The number of benzene rings is 2. The molecule has 0 radical (unpaired) electrons. The summed E-state index contributed by atoms with van der Waals surface area (Å²) < 4.78 is 54.7. The smallest absolute Gasteiger partial charge is 0.341 e. The van der Waals surface area contributed by atoms with Crippen molar-refractivity contribution in [2.75, 3.05) is 5.32 Å². The van der Waals surface area contributed by atoms with Crippen LogP contribution in [0.15, 0.2) is 47.4 Å². The lowest BCUT2D eigenvalue weighted by Crippen LogP contribution is -2.30. The Balaban J connectivity index is 2.14. The number of nitrogens with two attached hydrogens (primary N) is 1. The number of carbonyl (C=O) groups excluding carboxylic acids is 2. The first-order valence-electron chi connectivity index (χ1n) is 7.18. The first kappa shape index (κ1) is 19.5. The minimum atomic E-state index is -4.16. The number of amides is 1. The molecule has 26 heavy (non-hydrogen) atoms. The fourth-order valence-corrected chi connectivity index (χ4v) is 2.45. The Morgan fingerprint density at radius 3 is 2.38 bits per heavy atom. The Hall–Kier alpha value is -2.85. The van der Waals surface area contributed by atoms with E-state index >= 15 is 0 Å². The van der Waals surface area contributed by atoms with Crippen LogP contribution in [0.4, 0.5) is 14.5 Å². The number of ether oxygens (including phenoxy) is 1. The summed E-state index contributed by atoms with van der Waals surface area (Å²) in [6.07, 6.45) is -1.40. The van der Waals surface area contributed by atoms with Crippen LogP contribution < -0.4 is 10.5 Å². The normalized spacial score (nSPS) is 12.3. The van der Waals surface area contributed by atoms with E-state index in [0.29, 0.717) is 6.07 Å². The van der Waals surface area contributed by atoms with Gasteiger partial charge in [0.15, 0.2) is 6.10 Å². The molecule has 1 amide bonds. The molecule has 0 heterocycles. The summed E-state index contributed by atoms with van der Waals surface area (Å²) in [5.74, 6) is -3.87. The summed E-state index contributed by atoms with van der Waals surface area (Å²) in [5.41, 5.74) is -0.829. The van der Waals surface area contributed by atoms with Gasteiger partial charge in [-0.15, -0.1) is 0 Å². The van der Waals surface area contributed by atoms with Gasteiger partial charge >= 0.3 is 5.97 Å². The Bertz CT molecular complexity index is 963. The Morgan fingerprint density at radius 1 is 1.12 bits per heavy atom. The van der Waals surface area contributed by atoms with Crippen LogP contribution in [0.2, 0.25) is 0 Å². The highest BCUT2D eigenvalue weighted by Crippen LogP contribution is 2.17. The van der Waals surface area contributed by atoms with Gasteiger partial charge in [0, 0.05) is 0 Å². The number of rotatable bonds is 5. The van der Waals surface area contributed by atoms with Crippen LogP contribution in [-0.4, -0.2) is 26.4 Å². The highest BCUT2D eigenvalue weighted by atomic mass is 32.2. The molecule has 1 atom stereocenters. The molecule has 0 bridgehead atoms. The maximum absolute atomic E-state index is 13.8. The first-order chi connectivity index (χ1) is 12.1. The minimum absolute atomic E-state index is 0.122. The number of hydrogen-bond donors (Lipinski definition) is 2. The fraction of sp³-hybridized carbons (Fsp3) is 0.125. The highest BCUT2D eigenvalue weighted by Gasteiger charge is 2.23. The number of halogens is 2. The maximum Gasteiger partial charge on any atom is 0.341 e. The summed E-state index contributed by atoms with van der Waals surface area (Å²) in [7, 11) is -4.16. The zero-order valence-corrected chi connectivity index (χ0v) is 14.2. The monoisotopic (exact) mass is 384 g/mol. The second-order valence-corrected chi connectivity index (χ2v) is 6.76. The highest BCUT2D eigenvalue weighted by molar-refractivity contribution is 7.89. The molecule has 0 unspecified atom stereocenters. The molecule has 10 heteroatoms. The van der Waals surface area contributed by atoms with E-state index in [0.717, 1.165) is 18.2 Å². The van der Waals surface area contributed by atoms with E-state index in [1.165, 1.54) is 25.1 Å². The van der Waals surface area contributed by atoms with Gasteiger partial charge in [0.05, 0.1) is 16.1 Å². The average Bonchev–Trinajstić information content (AvgIpc) is 2.56. The van der Waals surface area contributed by atoms with Crippen molar-refractivity contribution in [1.29, 1.82) is 0 Å². The number of para-hydroxylation sites is 1. The number of primary sulfonamides is 1. The van der Waals surface area contributed by atoms with Crippen molar-refractivity contribution < 1.29 is 31.5 Å². The predicted octanol–water partition coefficient (Wildman–Crippen LogP) is 1.80. The van der Waals surface area contributed by atoms with Crippen LogP contribution in [0.3, 0.4) is 0 Å². The number of hydrogen-bond acceptors (Lipinski definition) is 5. The van der Waals surface area contributed by atoms with Crippen molar-refractivity contribution in [2.45, 2.75) is 17.9 Å². The van der Waals surface area contributed by atoms with Gasteiger partial charge in [0.2, 0.25) is 10.0 Å². The standard InChI is InChI=1S/C16H14F2N2O5S/c1-9(15(21)20-14-5-3-2-4-13(14)18)25-16(22)11-8-10(26(19,23)24)6-7-12(11)17/h2-9H,1H3,(H,20,21)(H2,19,23,24)/t9-/m0/s1. The zero-order valence-electron chi connectivity index (χ0n) is 13.4. The molecule has 0 aromatic heterocycles. The summed E-state index contributed by atoms with van der Waals surface area (Å²) in [4.78, 5) is 23.5. The lowest BCUT2D eigenvalue weighted by molar-refractivity contribution is -0.123. The molecule has 0 fully saturated rings. The van der Waals surface area contributed by atoms with Crippen molar-refractivity contribution in [1.82, 2.24) is 0 Å². The van der Waals surface area contributed by atoms with Gasteiger partial charge in [-0.2, -0.15) is 0 Å². The largest absolute Gasteiger partial charge is 0.449 e. The van der Waals surface area contributed by atoms with E-state index in [1.807, 2.05) is 0 Å². The quantitative estimate of drug-likeness (QED) is 0.763. The lowest BCUT2D eigenvalue weighted by atomic mass is 10.2.